The van der Waals surface area contributed by atoms with Crippen LogP contribution in [-0.4, -0.2) is 23.2 Å². The number of aliphatic hydroxyl groups excluding tert-OH is 1. The highest BCUT2D eigenvalue weighted by Gasteiger charge is 2.21. The molecule has 0 saturated carbocycles. The first-order chi connectivity index (χ1) is 7.35. The summed E-state index contributed by atoms with van der Waals surface area (Å²) in [4.78, 5) is 11.7. The Morgan fingerprint density at radius 1 is 1.56 bits per heavy atom. The number of rotatable bonds is 3. The van der Waals surface area contributed by atoms with Crippen LogP contribution in [0.5, 0.6) is 0 Å². The van der Waals surface area contributed by atoms with Gasteiger partial charge in [-0.15, -0.1) is 0 Å². The van der Waals surface area contributed by atoms with E-state index in [2.05, 4.69) is 5.32 Å². The summed E-state index contributed by atoms with van der Waals surface area (Å²) in [6.45, 7) is 3.03. The lowest BCUT2D eigenvalue weighted by Crippen LogP contribution is -2.46. The predicted molar refractivity (Wildman–Crippen MR) is 59.4 cm³/mol. The van der Waals surface area contributed by atoms with E-state index >= 15 is 0 Å². The number of amides is 1. The largest absolute Gasteiger partial charge is 0.399 e. The van der Waals surface area contributed by atoms with E-state index in [1.165, 1.54) is 12.1 Å². The van der Waals surface area contributed by atoms with Crippen LogP contribution < -0.4 is 11.1 Å². The predicted octanol–water partition coefficient (Wildman–Crippen LogP) is 0.909. The zero-order valence-corrected chi connectivity index (χ0v) is 9.25. The van der Waals surface area contributed by atoms with E-state index in [1.54, 1.807) is 13.8 Å². The van der Waals surface area contributed by atoms with Crippen molar-refractivity contribution in [1.29, 1.82) is 0 Å². The molecule has 4 N–H and O–H groups in total. The summed E-state index contributed by atoms with van der Waals surface area (Å²) in [6.07, 6.45) is 0. The third-order valence-corrected chi connectivity index (χ3v) is 2.08. The molecule has 4 nitrogen and oxygen atoms in total. The van der Waals surface area contributed by atoms with Gasteiger partial charge in [-0.3, -0.25) is 4.79 Å². The van der Waals surface area contributed by atoms with E-state index in [0.29, 0.717) is 5.69 Å². The Bertz CT molecular complexity index is 405. The molecule has 0 aliphatic rings. The van der Waals surface area contributed by atoms with E-state index in [0.717, 1.165) is 6.07 Å². The Balaban J connectivity index is 2.93. The monoisotopic (exact) mass is 226 g/mol. The van der Waals surface area contributed by atoms with Crippen LogP contribution in [0.15, 0.2) is 18.2 Å². The first-order valence-corrected chi connectivity index (χ1v) is 4.84. The summed E-state index contributed by atoms with van der Waals surface area (Å²) in [5.41, 5.74) is 4.86. The highest BCUT2D eigenvalue weighted by atomic mass is 19.1. The van der Waals surface area contributed by atoms with E-state index < -0.39 is 17.3 Å². The third kappa shape index (κ3) is 2.93. The van der Waals surface area contributed by atoms with Crippen LogP contribution in [0.3, 0.4) is 0 Å². The number of carbonyl (C=O) groups is 1. The summed E-state index contributed by atoms with van der Waals surface area (Å²) >= 11 is 0. The van der Waals surface area contributed by atoms with Gasteiger partial charge in [0, 0.05) is 5.69 Å². The Morgan fingerprint density at radius 2 is 2.19 bits per heavy atom. The maximum atomic E-state index is 13.3. The number of benzene rings is 1. The number of halogens is 1. The molecular formula is C11H15FN2O2. The summed E-state index contributed by atoms with van der Waals surface area (Å²) in [5.74, 6) is -1.23. The summed E-state index contributed by atoms with van der Waals surface area (Å²) < 4.78 is 13.3. The minimum atomic E-state index is -0.797. The lowest BCUT2D eigenvalue weighted by atomic mass is 10.1. The van der Waals surface area contributed by atoms with Crippen LogP contribution in [0.1, 0.15) is 24.2 Å². The number of carbonyl (C=O) groups excluding carboxylic acids is 1. The SMILES string of the molecule is CC(C)(CO)NC(=O)c1cc(N)ccc1F. The second-order valence-corrected chi connectivity index (χ2v) is 4.24. The van der Waals surface area contributed by atoms with Crippen molar-refractivity contribution in [2.75, 3.05) is 12.3 Å². The number of anilines is 1. The molecule has 0 unspecified atom stereocenters. The molecule has 1 rings (SSSR count). The van der Waals surface area contributed by atoms with Crippen molar-refractivity contribution in [2.45, 2.75) is 19.4 Å². The van der Waals surface area contributed by atoms with Gasteiger partial charge in [0.2, 0.25) is 0 Å². The topological polar surface area (TPSA) is 75.3 Å². The molecule has 1 aromatic rings. The smallest absolute Gasteiger partial charge is 0.254 e. The molecule has 0 aromatic heterocycles. The average Bonchev–Trinajstić information content (AvgIpc) is 2.21. The van der Waals surface area contributed by atoms with Gasteiger partial charge in [-0.05, 0) is 32.0 Å². The molecule has 0 aliphatic carbocycles. The Kier molecular flexibility index (Phi) is 3.49. The molecule has 0 aliphatic heterocycles. The molecule has 0 spiro atoms. The summed E-state index contributed by atoms with van der Waals surface area (Å²) in [6, 6.07) is 3.78. The average molecular weight is 226 g/mol. The fourth-order valence-corrected chi connectivity index (χ4v) is 1.13. The lowest BCUT2D eigenvalue weighted by Gasteiger charge is -2.23. The maximum Gasteiger partial charge on any atom is 0.254 e. The number of hydrogen-bond acceptors (Lipinski definition) is 3. The molecule has 0 bridgehead atoms. The molecular weight excluding hydrogens is 211 g/mol. The van der Waals surface area contributed by atoms with Gasteiger partial charge < -0.3 is 16.2 Å². The van der Waals surface area contributed by atoms with E-state index in [9.17, 15) is 9.18 Å². The zero-order chi connectivity index (χ0) is 12.3. The van der Waals surface area contributed by atoms with E-state index in [4.69, 9.17) is 10.8 Å². The van der Waals surface area contributed by atoms with Crippen molar-refractivity contribution >= 4 is 11.6 Å². The maximum absolute atomic E-state index is 13.3. The van der Waals surface area contributed by atoms with Crippen LogP contribution in [0.2, 0.25) is 0 Å². The normalized spacial score (nSPS) is 11.2. The van der Waals surface area contributed by atoms with Crippen LogP contribution in [0, 0.1) is 5.82 Å². The van der Waals surface area contributed by atoms with Crippen molar-refractivity contribution in [2.24, 2.45) is 0 Å². The number of nitrogen functional groups attached to an aromatic ring is 1. The minimum Gasteiger partial charge on any atom is -0.399 e. The summed E-state index contributed by atoms with van der Waals surface area (Å²) in [7, 11) is 0. The van der Waals surface area contributed by atoms with Crippen LogP contribution >= 0.6 is 0 Å². The van der Waals surface area contributed by atoms with Crippen molar-refractivity contribution in [3.63, 3.8) is 0 Å². The standard InChI is InChI=1S/C11H15FN2O2/c1-11(2,6-15)14-10(16)8-5-7(13)3-4-9(8)12/h3-5,15H,6,13H2,1-2H3,(H,14,16). The van der Waals surface area contributed by atoms with Crippen molar-refractivity contribution in [1.82, 2.24) is 5.32 Å². The Hall–Kier alpha value is -1.62. The molecule has 1 amide bonds. The zero-order valence-electron chi connectivity index (χ0n) is 9.25. The molecule has 5 heteroatoms. The highest BCUT2D eigenvalue weighted by molar-refractivity contribution is 5.95. The van der Waals surface area contributed by atoms with Crippen molar-refractivity contribution < 1.29 is 14.3 Å². The number of hydrogen-bond donors (Lipinski definition) is 3. The second-order valence-electron chi connectivity index (χ2n) is 4.24. The van der Waals surface area contributed by atoms with Crippen LogP contribution in [0.25, 0.3) is 0 Å². The molecule has 0 radical (unpaired) electrons. The highest BCUT2D eigenvalue weighted by Crippen LogP contribution is 2.13. The van der Waals surface area contributed by atoms with Gasteiger partial charge in [0.15, 0.2) is 0 Å². The second kappa shape index (κ2) is 4.49. The molecule has 0 fully saturated rings. The van der Waals surface area contributed by atoms with Gasteiger partial charge in [-0.2, -0.15) is 0 Å². The van der Waals surface area contributed by atoms with E-state index in [-0.39, 0.29) is 12.2 Å². The van der Waals surface area contributed by atoms with Crippen LogP contribution in [-0.2, 0) is 0 Å². The minimum absolute atomic E-state index is 0.124. The van der Waals surface area contributed by atoms with Crippen LogP contribution in [0.4, 0.5) is 10.1 Å². The summed E-state index contributed by atoms with van der Waals surface area (Å²) in [5, 5.41) is 11.5. The Labute approximate surface area is 93.3 Å². The molecule has 0 atom stereocenters. The number of nitrogens with two attached hydrogens (primary N) is 1. The third-order valence-electron chi connectivity index (χ3n) is 2.08. The lowest BCUT2D eigenvalue weighted by molar-refractivity contribution is 0.0865. The fourth-order valence-electron chi connectivity index (χ4n) is 1.13. The number of nitrogens with one attached hydrogen (secondary N) is 1. The molecule has 1 aromatic carbocycles. The van der Waals surface area contributed by atoms with E-state index in [1.807, 2.05) is 0 Å². The van der Waals surface area contributed by atoms with Gasteiger partial charge in [-0.25, -0.2) is 4.39 Å². The fraction of sp³-hybridized carbons (Fsp3) is 0.364. The van der Waals surface area contributed by atoms with Gasteiger partial charge in [0.1, 0.15) is 5.82 Å². The molecule has 16 heavy (non-hydrogen) atoms. The van der Waals surface area contributed by atoms with Gasteiger partial charge in [0.05, 0.1) is 17.7 Å². The molecule has 88 valence electrons. The quantitative estimate of drug-likeness (QED) is 0.670. The van der Waals surface area contributed by atoms with Gasteiger partial charge in [0.25, 0.3) is 5.91 Å². The molecule has 0 saturated heterocycles. The van der Waals surface area contributed by atoms with Crippen molar-refractivity contribution in [3.8, 4) is 0 Å². The van der Waals surface area contributed by atoms with Crippen molar-refractivity contribution in [3.05, 3.63) is 29.6 Å². The first-order valence-electron chi connectivity index (χ1n) is 4.84. The van der Waals surface area contributed by atoms with Gasteiger partial charge in [-0.1, -0.05) is 0 Å². The molecule has 0 heterocycles. The Morgan fingerprint density at radius 3 is 2.75 bits per heavy atom. The number of aliphatic hydroxyl groups is 1. The van der Waals surface area contributed by atoms with Gasteiger partial charge >= 0.3 is 0 Å². The first kappa shape index (κ1) is 12.4.